The molecular weight excluding hydrogens is 350 g/mol. The molecule has 0 saturated carbocycles. The van der Waals surface area contributed by atoms with Gasteiger partial charge in [0.05, 0.1) is 19.0 Å². The van der Waals surface area contributed by atoms with E-state index in [1.54, 1.807) is 6.33 Å². The monoisotopic (exact) mass is 375 g/mol. The molecule has 3 rings (SSSR count). The summed E-state index contributed by atoms with van der Waals surface area (Å²) in [4.78, 5) is 14.4. The highest BCUT2D eigenvalue weighted by Crippen LogP contribution is 2.19. The molecule has 0 atom stereocenters. The number of morpholine rings is 1. The molecule has 1 aromatic heterocycles. The number of carbonyl (C=O) groups is 1. The maximum Gasteiger partial charge on any atom is 0.230 e. The van der Waals surface area contributed by atoms with Crippen molar-refractivity contribution < 1.29 is 9.53 Å². The third-order valence-electron chi connectivity index (χ3n) is 4.24. The molecule has 2 heterocycles. The Morgan fingerprint density at radius 3 is 2.81 bits per heavy atom. The fourth-order valence-electron chi connectivity index (χ4n) is 2.74. The first-order valence-electron chi connectivity index (χ1n) is 8.89. The van der Waals surface area contributed by atoms with Crippen molar-refractivity contribution in [2.75, 3.05) is 45.1 Å². The van der Waals surface area contributed by atoms with E-state index in [0.717, 1.165) is 50.1 Å². The van der Waals surface area contributed by atoms with Crippen LogP contribution in [0.3, 0.4) is 0 Å². The van der Waals surface area contributed by atoms with Crippen LogP contribution in [0.4, 0.5) is 0 Å². The fraction of sp³-hybridized carbons (Fsp3) is 0.500. The number of ether oxygens (including phenoxy) is 1. The minimum Gasteiger partial charge on any atom is -0.379 e. The molecule has 1 aromatic carbocycles. The summed E-state index contributed by atoms with van der Waals surface area (Å²) in [6, 6.07) is 8.14. The van der Waals surface area contributed by atoms with E-state index in [1.165, 1.54) is 17.3 Å². The number of hydrogen-bond donors (Lipinski definition) is 1. The van der Waals surface area contributed by atoms with E-state index in [-0.39, 0.29) is 5.91 Å². The van der Waals surface area contributed by atoms with E-state index < -0.39 is 0 Å². The third-order valence-corrected chi connectivity index (χ3v) is 5.18. The minimum absolute atomic E-state index is 0.0235. The van der Waals surface area contributed by atoms with Gasteiger partial charge in [0.25, 0.3) is 0 Å². The second kappa shape index (κ2) is 9.70. The van der Waals surface area contributed by atoms with Crippen molar-refractivity contribution in [3.63, 3.8) is 0 Å². The molecule has 7 nitrogen and oxygen atoms in total. The van der Waals surface area contributed by atoms with Crippen LogP contribution in [0.1, 0.15) is 12.0 Å². The van der Waals surface area contributed by atoms with E-state index in [9.17, 15) is 4.79 Å². The molecule has 1 N–H and O–H groups in total. The van der Waals surface area contributed by atoms with Gasteiger partial charge in [0.1, 0.15) is 6.33 Å². The second-order valence-electron chi connectivity index (χ2n) is 6.27. The Morgan fingerprint density at radius 2 is 2.04 bits per heavy atom. The number of hydrogen-bond acceptors (Lipinski definition) is 6. The van der Waals surface area contributed by atoms with Crippen molar-refractivity contribution in [2.24, 2.45) is 0 Å². The maximum absolute atomic E-state index is 12.1. The van der Waals surface area contributed by atoms with Crippen LogP contribution in [-0.2, 0) is 9.53 Å². The zero-order valence-electron chi connectivity index (χ0n) is 15.1. The van der Waals surface area contributed by atoms with Crippen LogP contribution < -0.4 is 5.32 Å². The van der Waals surface area contributed by atoms with E-state index in [0.29, 0.717) is 12.3 Å². The van der Waals surface area contributed by atoms with Crippen LogP contribution in [0, 0.1) is 6.92 Å². The molecule has 0 bridgehead atoms. The van der Waals surface area contributed by atoms with Gasteiger partial charge in [-0.2, -0.15) is 0 Å². The van der Waals surface area contributed by atoms with Gasteiger partial charge >= 0.3 is 0 Å². The largest absolute Gasteiger partial charge is 0.379 e. The second-order valence-corrected chi connectivity index (χ2v) is 7.21. The Kier molecular flexibility index (Phi) is 7.04. The molecule has 2 aromatic rings. The Labute approximate surface area is 158 Å². The van der Waals surface area contributed by atoms with Crippen molar-refractivity contribution in [3.8, 4) is 5.69 Å². The maximum atomic E-state index is 12.1. The van der Waals surface area contributed by atoms with Gasteiger partial charge < -0.3 is 10.1 Å². The average Bonchev–Trinajstić information content (AvgIpc) is 3.14. The molecule has 1 aliphatic heterocycles. The molecule has 0 aliphatic carbocycles. The molecule has 1 aliphatic rings. The van der Waals surface area contributed by atoms with Crippen LogP contribution >= 0.6 is 11.8 Å². The molecule has 1 saturated heterocycles. The van der Waals surface area contributed by atoms with Crippen molar-refractivity contribution in [2.45, 2.75) is 18.5 Å². The van der Waals surface area contributed by atoms with Gasteiger partial charge in [-0.05, 0) is 32.0 Å². The predicted octanol–water partition coefficient (Wildman–Crippen LogP) is 1.51. The predicted molar refractivity (Wildman–Crippen MR) is 102 cm³/mol. The number of nitrogens with zero attached hydrogens (tertiary/aromatic N) is 4. The summed E-state index contributed by atoms with van der Waals surface area (Å²) in [5.41, 5.74) is 2.20. The molecule has 1 fully saturated rings. The number of benzene rings is 1. The van der Waals surface area contributed by atoms with Gasteiger partial charge in [-0.15, -0.1) is 10.2 Å². The first-order chi connectivity index (χ1) is 12.7. The summed E-state index contributed by atoms with van der Waals surface area (Å²) in [5, 5.41) is 11.8. The van der Waals surface area contributed by atoms with Gasteiger partial charge in [-0.3, -0.25) is 14.3 Å². The molecule has 8 heteroatoms. The fourth-order valence-corrected chi connectivity index (χ4v) is 3.50. The van der Waals surface area contributed by atoms with Crippen molar-refractivity contribution in [3.05, 3.63) is 36.2 Å². The van der Waals surface area contributed by atoms with Crippen LogP contribution in [0.5, 0.6) is 0 Å². The number of rotatable bonds is 8. The summed E-state index contributed by atoms with van der Waals surface area (Å²) >= 11 is 1.40. The standard InChI is InChI=1S/C18H25N5O2S/c1-15-3-5-16(6-4-15)23-14-20-21-18(23)26-13-17(24)19-7-2-8-22-9-11-25-12-10-22/h3-6,14H,2,7-13H2,1H3,(H,19,24). The van der Waals surface area contributed by atoms with E-state index in [2.05, 4.69) is 27.3 Å². The lowest BCUT2D eigenvalue weighted by Gasteiger charge is -2.26. The normalized spacial score (nSPS) is 15.1. The van der Waals surface area contributed by atoms with Gasteiger partial charge in [0.15, 0.2) is 5.16 Å². The third kappa shape index (κ3) is 5.55. The Bertz CT molecular complexity index is 698. The number of amides is 1. The molecule has 0 unspecified atom stereocenters. The van der Waals surface area contributed by atoms with Gasteiger partial charge in [0, 0.05) is 25.3 Å². The van der Waals surface area contributed by atoms with Gasteiger partial charge in [-0.1, -0.05) is 29.5 Å². The Hall–Kier alpha value is -1.90. The highest BCUT2D eigenvalue weighted by Gasteiger charge is 2.11. The summed E-state index contributed by atoms with van der Waals surface area (Å²) in [6.07, 6.45) is 2.63. The van der Waals surface area contributed by atoms with E-state index >= 15 is 0 Å². The molecule has 26 heavy (non-hydrogen) atoms. The Morgan fingerprint density at radius 1 is 1.27 bits per heavy atom. The molecule has 1 amide bonds. The highest BCUT2D eigenvalue weighted by molar-refractivity contribution is 7.99. The number of thioether (sulfide) groups is 1. The average molecular weight is 375 g/mol. The molecule has 140 valence electrons. The first kappa shape index (κ1) is 18.9. The first-order valence-corrected chi connectivity index (χ1v) is 9.87. The molecular formula is C18H25N5O2S. The SMILES string of the molecule is Cc1ccc(-n2cnnc2SCC(=O)NCCCN2CCOCC2)cc1. The lowest BCUT2D eigenvalue weighted by Crippen LogP contribution is -2.38. The zero-order chi connectivity index (χ0) is 18.2. The minimum atomic E-state index is 0.0235. The zero-order valence-corrected chi connectivity index (χ0v) is 15.9. The van der Waals surface area contributed by atoms with Gasteiger partial charge in [-0.25, -0.2) is 0 Å². The van der Waals surface area contributed by atoms with Crippen molar-refractivity contribution in [1.29, 1.82) is 0 Å². The molecule has 0 radical (unpaired) electrons. The summed E-state index contributed by atoms with van der Waals surface area (Å²) in [5.74, 6) is 0.359. The lowest BCUT2D eigenvalue weighted by atomic mass is 10.2. The number of aryl methyl sites for hydroxylation is 1. The summed E-state index contributed by atoms with van der Waals surface area (Å²) < 4.78 is 7.23. The quantitative estimate of drug-likeness (QED) is 0.557. The topological polar surface area (TPSA) is 72.3 Å². The Balaban J connectivity index is 1.39. The number of carbonyl (C=O) groups excluding carboxylic acids is 1. The van der Waals surface area contributed by atoms with Gasteiger partial charge in [0.2, 0.25) is 5.91 Å². The van der Waals surface area contributed by atoms with E-state index in [1.807, 2.05) is 28.8 Å². The smallest absolute Gasteiger partial charge is 0.230 e. The lowest BCUT2D eigenvalue weighted by molar-refractivity contribution is -0.118. The van der Waals surface area contributed by atoms with Crippen LogP contribution in [0.15, 0.2) is 35.7 Å². The van der Waals surface area contributed by atoms with Crippen molar-refractivity contribution in [1.82, 2.24) is 25.0 Å². The number of nitrogens with one attached hydrogen (secondary N) is 1. The van der Waals surface area contributed by atoms with Crippen molar-refractivity contribution >= 4 is 17.7 Å². The highest BCUT2D eigenvalue weighted by atomic mass is 32.2. The molecule has 0 spiro atoms. The van der Waals surface area contributed by atoms with Crippen LogP contribution in [0.2, 0.25) is 0 Å². The number of aromatic nitrogens is 3. The van der Waals surface area contributed by atoms with Crippen LogP contribution in [-0.4, -0.2) is 70.7 Å². The van der Waals surface area contributed by atoms with Crippen LogP contribution in [0.25, 0.3) is 5.69 Å². The van der Waals surface area contributed by atoms with E-state index in [4.69, 9.17) is 4.74 Å². The summed E-state index contributed by atoms with van der Waals surface area (Å²) in [6.45, 7) is 7.33. The summed E-state index contributed by atoms with van der Waals surface area (Å²) in [7, 11) is 0.